The molecule has 9 heteroatoms. The zero-order valence-electron chi connectivity index (χ0n) is 13.5. The molecule has 3 atom stereocenters. The molecule has 1 aromatic heterocycles. The second-order valence-corrected chi connectivity index (χ2v) is 8.42. The molecule has 1 aromatic carbocycles. The Morgan fingerprint density at radius 3 is 2.62 bits per heavy atom. The number of hydrogen-bond acceptors (Lipinski definition) is 5. The van der Waals surface area contributed by atoms with Crippen molar-refractivity contribution in [3.8, 4) is 0 Å². The van der Waals surface area contributed by atoms with E-state index in [9.17, 15) is 18.0 Å². The van der Waals surface area contributed by atoms with E-state index in [1.54, 1.807) is 24.3 Å². The van der Waals surface area contributed by atoms with Crippen LogP contribution in [0.2, 0.25) is 0 Å². The lowest BCUT2D eigenvalue weighted by molar-refractivity contribution is -0.134. The van der Waals surface area contributed by atoms with Gasteiger partial charge in [0.1, 0.15) is 9.90 Å². The smallest absolute Gasteiger partial charge is 0.348 e. The van der Waals surface area contributed by atoms with Crippen LogP contribution in [0.4, 0.5) is 13.2 Å². The Kier molecular flexibility index (Phi) is 4.70. The molecule has 138 valence electrons. The van der Waals surface area contributed by atoms with Gasteiger partial charge in [0.2, 0.25) is 0 Å². The molecule has 4 nitrogen and oxygen atoms in total. The monoisotopic (exact) mass is 399 g/mol. The Morgan fingerprint density at radius 1 is 1.27 bits per heavy atom. The number of fused-ring (bicyclic) bond motifs is 2. The maximum Gasteiger partial charge on any atom is 0.427 e. The minimum atomic E-state index is -4.37. The summed E-state index contributed by atoms with van der Waals surface area (Å²) in [5.41, 5.74) is 0.548. The van der Waals surface area contributed by atoms with E-state index in [1.807, 2.05) is 0 Å². The van der Waals surface area contributed by atoms with Crippen LogP contribution in [0, 0.1) is 0 Å². The number of nitrogens with zero attached hydrogens (tertiary/aromatic N) is 1. The number of nitrogens with one attached hydrogen (secondary N) is 2. The van der Waals surface area contributed by atoms with Gasteiger partial charge in [-0.15, -0.1) is 0 Å². The standard InChI is InChI=1S/C17H16F3N3OS2/c18-17(19,20)14-8-15(23-26-14)25-11-4-1-9(2-5-11)16(24)22-13-7-10-3-6-12(13)21-10/h1-2,4-5,8,10,12-13,21H,3,6-7H2,(H,22,24). The lowest BCUT2D eigenvalue weighted by Gasteiger charge is -2.21. The van der Waals surface area contributed by atoms with Crippen LogP contribution >= 0.6 is 23.3 Å². The zero-order valence-corrected chi connectivity index (χ0v) is 15.2. The number of carbonyl (C=O) groups is 1. The summed E-state index contributed by atoms with van der Waals surface area (Å²) in [5.74, 6) is -0.117. The summed E-state index contributed by atoms with van der Waals surface area (Å²) in [7, 11) is 0. The highest BCUT2D eigenvalue weighted by Gasteiger charge is 2.39. The molecule has 2 N–H and O–H groups in total. The first-order chi connectivity index (χ1) is 12.4. The second kappa shape index (κ2) is 6.86. The van der Waals surface area contributed by atoms with Crippen molar-refractivity contribution in [3.05, 3.63) is 40.8 Å². The van der Waals surface area contributed by atoms with Crippen molar-refractivity contribution in [1.82, 2.24) is 15.0 Å². The van der Waals surface area contributed by atoms with Gasteiger partial charge in [0.15, 0.2) is 0 Å². The summed E-state index contributed by atoms with van der Waals surface area (Å²) in [6.07, 6.45) is -1.13. The van der Waals surface area contributed by atoms with E-state index in [4.69, 9.17) is 0 Å². The predicted octanol–water partition coefficient (Wildman–Crippen LogP) is 3.94. The van der Waals surface area contributed by atoms with E-state index in [-0.39, 0.29) is 11.9 Å². The van der Waals surface area contributed by atoms with Gasteiger partial charge in [0.25, 0.3) is 5.91 Å². The second-order valence-electron chi connectivity index (χ2n) is 6.52. The fourth-order valence-electron chi connectivity index (χ4n) is 3.47. The number of aromatic nitrogens is 1. The molecule has 2 aromatic rings. The number of benzene rings is 1. The van der Waals surface area contributed by atoms with Crippen LogP contribution in [0.1, 0.15) is 34.5 Å². The summed E-state index contributed by atoms with van der Waals surface area (Å²) in [6, 6.07) is 8.93. The zero-order chi connectivity index (χ0) is 18.3. The van der Waals surface area contributed by atoms with E-state index in [0.29, 0.717) is 34.2 Å². The van der Waals surface area contributed by atoms with E-state index >= 15 is 0 Å². The van der Waals surface area contributed by atoms with Gasteiger partial charge < -0.3 is 10.6 Å². The molecule has 1 amide bonds. The van der Waals surface area contributed by atoms with Crippen molar-refractivity contribution in [2.75, 3.05) is 0 Å². The highest BCUT2D eigenvalue weighted by Crippen LogP contribution is 2.37. The number of halogens is 3. The third-order valence-corrected chi connectivity index (χ3v) is 6.60. The summed E-state index contributed by atoms with van der Waals surface area (Å²) in [4.78, 5) is 12.4. The summed E-state index contributed by atoms with van der Waals surface area (Å²) >= 11 is 1.59. The molecule has 26 heavy (non-hydrogen) atoms. The number of carbonyl (C=O) groups excluding carboxylic acids is 1. The third kappa shape index (κ3) is 3.74. The van der Waals surface area contributed by atoms with Crippen LogP contribution in [0.15, 0.2) is 40.3 Å². The molecule has 0 spiro atoms. The fourth-order valence-corrected chi connectivity index (χ4v) is 5.01. The summed E-state index contributed by atoms with van der Waals surface area (Å²) in [5, 5.41) is 6.85. The van der Waals surface area contributed by atoms with Crippen molar-refractivity contribution in [2.45, 2.75) is 53.5 Å². The first-order valence-corrected chi connectivity index (χ1v) is 9.86. The van der Waals surface area contributed by atoms with E-state index in [1.165, 1.54) is 6.42 Å². The maximum atomic E-state index is 12.6. The molecule has 2 fully saturated rings. The maximum absolute atomic E-state index is 12.6. The molecule has 3 heterocycles. The lowest BCUT2D eigenvalue weighted by atomic mass is 9.95. The van der Waals surface area contributed by atoms with Crippen molar-refractivity contribution >= 4 is 29.2 Å². The number of hydrogen-bond donors (Lipinski definition) is 2. The minimum absolute atomic E-state index is 0.117. The van der Waals surface area contributed by atoms with Gasteiger partial charge in [0, 0.05) is 28.6 Å². The van der Waals surface area contributed by atoms with E-state index in [0.717, 1.165) is 35.6 Å². The topological polar surface area (TPSA) is 54.0 Å². The van der Waals surface area contributed by atoms with E-state index in [2.05, 4.69) is 15.0 Å². The summed E-state index contributed by atoms with van der Waals surface area (Å²) < 4.78 is 41.7. The van der Waals surface area contributed by atoms with Crippen molar-refractivity contribution in [2.24, 2.45) is 0 Å². The molecule has 0 aliphatic carbocycles. The van der Waals surface area contributed by atoms with Crippen molar-refractivity contribution < 1.29 is 18.0 Å². The van der Waals surface area contributed by atoms with Gasteiger partial charge >= 0.3 is 6.18 Å². The van der Waals surface area contributed by atoms with Gasteiger partial charge in [-0.1, -0.05) is 11.8 Å². The Labute approximate surface area is 156 Å². The summed E-state index contributed by atoms with van der Waals surface area (Å²) in [6.45, 7) is 0. The molecule has 3 unspecified atom stereocenters. The Morgan fingerprint density at radius 2 is 2.04 bits per heavy atom. The average Bonchev–Trinajstić information content (AvgIpc) is 3.31. The van der Waals surface area contributed by atoms with Gasteiger partial charge in [-0.2, -0.15) is 17.5 Å². The molecule has 2 aliphatic rings. The van der Waals surface area contributed by atoms with Gasteiger partial charge in [0.05, 0.1) is 0 Å². The van der Waals surface area contributed by atoms with Crippen LogP contribution in [0.3, 0.4) is 0 Å². The van der Waals surface area contributed by atoms with Crippen molar-refractivity contribution in [1.29, 1.82) is 0 Å². The van der Waals surface area contributed by atoms with Crippen LogP contribution in [-0.4, -0.2) is 28.4 Å². The van der Waals surface area contributed by atoms with Crippen LogP contribution < -0.4 is 10.6 Å². The SMILES string of the molecule is O=C(NC1CC2CCC1N2)c1ccc(Sc2cc(C(F)(F)F)sn2)cc1. The van der Waals surface area contributed by atoms with Crippen LogP contribution in [0.5, 0.6) is 0 Å². The Hall–Kier alpha value is -1.58. The quantitative estimate of drug-likeness (QED) is 0.818. The molecule has 2 saturated heterocycles. The number of rotatable bonds is 4. The lowest BCUT2D eigenvalue weighted by Crippen LogP contribution is -2.42. The largest absolute Gasteiger partial charge is 0.427 e. The number of amides is 1. The molecule has 0 radical (unpaired) electrons. The normalized spacial score (nSPS) is 24.8. The molecular formula is C17H16F3N3OS2. The van der Waals surface area contributed by atoms with Crippen LogP contribution in [0.25, 0.3) is 0 Å². The fraction of sp³-hybridized carbons (Fsp3) is 0.412. The molecular weight excluding hydrogens is 383 g/mol. The highest BCUT2D eigenvalue weighted by molar-refractivity contribution is 7.99. The molecule has 2 aliphatic heterocycles. The molecule has 0 saturated carbocycles. The molecule has 4 rings (SSSR count). The third-order valence-electron chi connectivity index (χ3n) is 4.72. The molecule has 2 bridgehead atoms. The van der Waals surface area contributed by atoms with Gasteiger partial charge in [-0.25, -0.2) is 0 Å². The van der Waals surface area contributed by atoms with Gasteiger partial charge in [-0.3, -0.25) is 4.79 Å². The van der Waals surface area contributed by atoms with Gasteiger partial charge in [-0.05, 0) is 61.1 Å². The highest BCUT2D eigenvalue weighted by atomic mass is 32.2. The van der Waals surface area contributed by atoms with E-state index < -0.39 is 11.1 Å². The van der Waals surface area contributed by atoms with Crippen LogP contribution in [-0.2, 0) is 6.18 Å². The predicted molar refractivity (Wildman–Crippen MR) is 93.5 cm³/mol. The average molecular weight is 399 g/mol. The first kappa shape index (κ1) is 17.8. The Bertz CT molecular complexity index is 806. The van der Waals surface area contributed by atoms with Crippen molar-refractivity contribution in [3.63, 3.8) is 0 Å². The first-order valence-electron chi connectivity index (χ1n) is 8.27. The number of alkyl halides is 3. The Balaban J connectivity index is 1.37. The minimum Gasteiger partial charge on any atom is -0.348 e.